The van der Waals surface area contributed by atoms with Crippen LogP contribution in [-0.4, -0.2) is 11.2 Å². The summed E-state index contributed by atoms with van der Waals surface area (Å²) in [6, 6.07) is 1.02. The number of halogens is 5. The van der Waals surface area contributed by atoms with Gasteiger partial charge in [-0.25, -0.2) is 4.39 Å². The number of alkyl halides is 3. The van der Waals surface area contributed by atoms with Gasteiger partial charge in [-0.2, -0.15) is 13.2 Å². The van der Waals surface area contributed by atoms with E-state index in [1.54, 1.807) is 13.8 Å². The van der Waals surface area contributed by atoms with Crippen LogP contribution in [0.15, 0.2) is 18.2 Å². The van der Waals surface area contributed by atoms with Crippen LogP contribution in [0.2, 0.25) is 0 Å². The standard InChI is InChI=1S/C12H15F4NO.ClH/c1-6(2)11(18)10(17)7-3-8(12(14,15)16)5-9(13)4-7;/h3-6,10-11,18H,17H2,1-2H3;1H/t10-,11+;/m1./s1. The molecule has 0 heterocycles. The van der Waals surface area contributed by atoms with Crippen molar-refractivity contribution < 1.29 is 22.7 Å². The molecule has 19 heavy (non-hydrogen) atoms. The molecular formula is C12H16ClF4NO. The molecule has 1 rings (SSSR count). The number of benzene rings is 1. The van der Waals surface area contributed by atoms with Crippen molar-refractivity contribution in [2.75, 3.05) is 0 Å². The molecule has 0 saturated carbocycles. The maximum absolute atomic E-state index is 13.1. The van der Waals surface area contributed by atoms with E-state index in [1.807, 2.05) is 0 Å². The topological polar surface area (TPSA) is 46.2 Å². The van der Waals surface area contributed by atoms with Crippen LogP contribution in [0.4, 0.5) is 17.6 Å². The van der Waals surface area contributed by atoms with E-state index in [4.69, 9.17) is 5.73 Å². The first-order valence-electron chi connectivity index (χ1n) is 5.44. The summed E-state index contributed by atoms with van der Waals surface area (Å²) in [5.74, 6) is -1.26. The van der Waals surface area contributed by atoms with Gasteiger partial charge in [0.25, 0.3) is 0 Å². The summed E-state index contributed by atoms with van der Waals surface area (Å²) in [4.78, 5) is 0. The largest absolute Gasteiger partial charge is 0.416 e. The molecule has 0 radical (unpaired) electrons. The third-order valence-corrected chi connectivity index (χ3v) is 2.68. The molecule has 0 aliphatic rings. The summed E-state index contributed by atoms with van der Waals surface area (Å²) in [5.41, 5.74) is 4.46. The lowest BCUT2D eigenvalue weighted by atomic mass is 9.93. The molecule has 0 aliphatic heterocycles. The molecule has 0 fully saturated rings. The molecule has 3 N–H and O–H groups in total. The molecule has 0 spiro atoms. The average molecular weight is 302 g/mol. The molecule has 0 saturated heterocycles. The van der Waals surface area contributed by atoms with Crippen LogP contribution in [0.25, 0.3) is 0 Å². The fourth-order valence-electron chi connectivity index (χ4n) is 1.58. The fraction of sp³-hybridized carbons (Fsp3) is 0.500. The lowest BCUT2D eigenvalue weighted by Gasteiger charge is -2.23. The summed E-state index contributed by atoms with van der Waals surface area (Å²) >= 11 is 0. The van der Waals surface area contributed by atoms with Gasteiger partial charge < -0.3 is 10.8 Å². The SMILES string of the molecule is CC(C)[C@H](O)[C@H](N)c1cc(F)cc(C(F)(F)F)c1.Cl. The van der Waals surface area contributed by atoms with Crippen LogP contribution in [-0.2, 0) is 6.18 Å². The second-order valence-corrected chi connectivity index (χ2v) is 4.53. The van der Waals surface area contributed by atoms with E-state index in [-0.39, 0.29) is 23.9 Å². The van der Waals surface area contributed by atoms with Gasteiger partial charge in [0.15, 0.2) is 0 Å². The van der Waals surface area contributed by atoms with E-state index >= 15 is 0 Å². The Balaban J connectivity index is 0.00000324. The van der Waals surface area contributed by atoms with Gasteiger partial charge in [-0.05, 0) is 29.7 Å². The highest BCUT2D eigenvalue weighted by atomic mass is 35.5. The highest BCUT2D eigenvalue weighted by molar-refractivity contribution is 5.85. The monoisotopic (exact) mass is 301 g/mol. The number of aliphatic hydroxyl groups excluding tert-OH is 1. The average Bonchev–Trinajstić information content (AvgIpc) is 2.24. The Morgan fingerprint density at radius 2 is 1.68 bits per heavy atom. The smallest absolute Gasteiger partial charge is 0.391 e. The first kappa shape index (κ1) is 18.1. The molecule has 110 valence electrons. The van der Waals surface area contributed by atoms with Crippen LogP contribution in [0, 0.1) is 11.7 Å². The lowest BCUT2D eigenvalue weighted by molar-refractivity contribution is -0.137. The van der Waals surface area contributed by atoms with Crippen molar-refractivity contribution in [3.8, 4) is 0 Å². The van der Waals surface area contributed by atoms with Crippen LogP contribution < -0.4 is 5.73 Å². The van der Waals surface area contributed by atoms with Crippen LogP contribution >= 0.6 is 12.4 Å². The third-order valence-electron chi connectivity index (χ3n) is 2.68. The summed E-state index contributed by atoms with van der Waals surface area (Å²) in [6.45, 7) is 3.35. The Morgan fingerprint density at radius 3 is 2.11 bits per heavy atom. The molecule has 2 atom stereocenters. The number of nitrogens with two attached hydrogens (primary N) is 1. The normalized spacial score (nSPS) is 15.0. The number of aliphatic hydroxyl groups is 1. The Morgan fingerprint density at radius 1 is 1.16 bits per heavy atom. The molecular weight excluding hydrogens is 286 g/mol. The van der Waals surface area contributed by atoms with E-state index in [1.165, 1.54) is 0 Å². The zero-order chi connectivity index (χ0) is 14.1. The van der Waals surface area contributed by atoms with Gasteiger partial charge in [-0.1, -0.05) is 13.8 Å². The van der Waals surface area contributed by atoms with E-state index in [2.05, 4.69) is 0 Å². The molecule has 1 aromatic rings. The summed E-state index contributed by atoms with van der Waals surface area (Å²) in [5, 5.41) is 9.70. The van der Waals surface area contributed by atoms with Gasteiger partial charge in [0.1, 0.15) is 5.82 Å². The molecule has 2 nitrogen and oxygen atoms in total. The van der Waals surface area contributed by atoms with Gasteiger partial charge in [0, 0.05) is 0 Å². The first-order valence-corrected chi connectivity index (χ1v) is 5.44. The summed E-state index contributed by atoms with van der Waals surface area (Å²) in [7, 11) is 0. The minimum Gasteiger partial charge on any atom is -0.391 e. The first-order chi connectivity index (χ1) is 8.12. The quantitative estimate of drug-likeness (QED) is 0.842. The van der Waals surface area contributed by atoms with Gasteiger partial charge >= 0.3 is 6.18 Å². The Bertz CT molecular complexity index is 423. The second kappa shape index (κ2) is 6.54. The lowest BCUT2D eigenvalue weighted by Crippen LogP contribution is -2.30. The van der Waals surface area contributed by atoms with Crippen LogP contribution in [0.1, 0.15) is 31.0 Å². The maximum Gasteiger partial charge on any atom is 0.416 e. The van der Waals surface area contributed by atoms with Gasteiger partial charge in [0.2, 0.25) is 0 Å². The van der Waals surface area contributed by atoms with Gasteiger partial charge in [0.05, 0.1) is 17.7 Å². The van der Waals surface area contributed by atoms with Crippen molar-refractivity contribution >= 4 is 12.4 Å². The van der Waals surface area contributed by atoms with Crippen molar-refractivity contribution in [1.82, 2.24) is 0 Å². The molecule has 0 unspecified atom stereocenters. The van der Waals surface area contributed by atoms with Crippen molar-refractivity contribution in [2.45, 2.75) is 32.2 Å². The number of hydrogen-bond donors (Lipinski definition) is 2. The van der Waals surface area contributed by atoms with Gasteiger partial charge in [-0.3, -0.25) is 0 Å². The highest BCUT2D eigenvalue weighted by Crippen LogP contribution is 2.32. The minimum atomic E-state index is -4.64. The zero-order valence-corrected chi connectivity index (χ0v) is 11.2. The van der Waals surface area contributed by atoms with Crippen molar-refractivity contribution in [2.24, 2.45) is 11.7 Å². The molecule has 0 bridgehead atoms. The Kier molecular flexibility index (Phi) is 6.25. The molecule has 1 aromatic carbocycles. The van der Waals surface area contributed by atoms with Crippen LogP contribution in [0.5, 0.6) is 0 Å². The Labute approximate surface area is 115 Å². The highest BCUT2D eigenvalue weighted by Gasteiger charge is 2.32. The van der Waals surface area contributed by atoms with E-state index in [9.17, 15) is 22.7 Å². The van der Waals surface area contributed by atoms with E-state index in [0.717, 1.165) is 12.1 Å². The molecule has 0 aromatic heterocycles. The molecule has 0 aliphatic carbocycles. The van der Waals surface area contributed by atoms with E-state index < -0.39 is 29.7 Å². The molecule has 0 amide bonds. The predicted octanol–water partition coefficient (Wildman–Crippen LogP) is 3.28. The fourth-order valence-corrected chi connectivity index (χ4v) is 1.58. The summed E-state index contributed by atoms with van der Waals surface area (Å²) in [6.07, 6.45) is -5.67. The predicted molar refractivity (Wildman–Crippen MR) is 66.4 cm³/mol. The zero-order valence-electron chi connectivity index (χ0n) is 10.4. The number of hydrogen-bond acceptors (Lipinski definition) is 2. The maximum atomic E-state index is 13.1. The Hall–Kier alpha value is -0.850. The van der Waals surface area contributed by atoms with Gasteiger partial charge in [-0.15, -0.1) is 12.4 Å². The van der Waals surface area contributed by atoms with Crippen molar-refractivity contribution in [3.05, 3.63) is 35.1 Å². The van der Waals surface area contributed by atoms with Crippen molar-refractivity contribution in [3.63, 3.8) is 0 Å². The minimum absolute atomic E-state index is 0. The molecule has 7 heteroatoms. The summed E-state index contributed by atoms with van der Waals surface area (Å²) < 4.78 is 50.6. The number of rotatable bonds is 3. The van der Waals surface area contributed by atoms with Crippen LogP contribution in [0.3, 0.4) is 0 Å². The van der Waals surface area contributed by atoms with Crippen molar-refractivity contribution in [1.29, 1.82) is 0 Å². The second-order valence-electron chi connectivity index (χ2n) is 4.53. The third kappa shape index (κ3) is 4.63. The van der Waals surface area contributed by atoms with E-state index in [0.29, 0.717) is 6.07 Å².